The average Bonchev–Trinajstić information content (AvgIpc) is 2.90. The van der Waals surface area contributed by atoms with Gasteiger partial charge in [0, 0.05) is 32.2 Å². The summed E-state index contributed by atoms with van der Waals surface area (Å²) in [6, 6.07) is 8.96. The fourth-order valence-electron chi connectivity index (χ4n) is 4.00. The normalized spacial score (nSPS) is 15.9. The predicted octanol–water partition coefficient (Wildman–Crippen LogP) is 6.13. The second-order valence-corrected chi connectivity index (χ2v) is 8.86. The van der Waals surface area contributed by atoms with Gasteiger partial charge in [0.25, 0.3) is 0 Å². The minimum Gasteiger partial charge on any atom is -0.490 e. The number of halogens is 2. The van der Waals surface area contributed by atoms with E-state index in [4.69, 9.17) is 18.9 Å². The molecule has 1 atom stereocenters. The smallest absolute Gasteiger partial charge is 0.246 e. The van der Waals surface area contributed by atoms with Gasteiger partial charge in [0.1, 0.15) is 18.2 Å². The highest BCUT2D eigenvalue weighted by Gasteiger charge is 2.15. The Kier molecular flexibility index (Phi) is 11.4. The highest BCUT2D eigenvalue weighted by molar-refractivity contribution is 5.95. The van der Waals surface area contributed by atoms with Crippen molar-refractivity contribution in [1.29, 1.82) is 0 Å². The lowest BCUT2D eigenvalue weighted by atomic mass is 10.1. The van der Waals surface area contributed by atoms with Crippen molar-refractivity contribution in [3.8, 4) is 11.5 Å². The summed E-state index contributed by atoms with van der Waals surface area (Å²) in [4.78, 5) is 14.3. The van der Waals surface area contributed by atoms with Crippen molar-refractivity contribution < 1.29 is 32.5 Å². The Bertz CT molecular complexity index is 1030. The van der Waals surface area contributed by atoms with Crippen molar-refractivity contribution in [3.63, 3.8) is 0 Å². The van der Waals surface area contributed by atoms with Gasteiger partial charge in [-0.1, -0.05) is 12.1 Å². The van der Waals surface area contributed by atoms with E-state index >= 15 is 0 Å². The minimum atomic E-state index is -0.671. The van der Waals surface area contributed by atoms with E-state index in [0.29, 0.717) is 44.2 Å². The summed E-state index contributed by atoms with van der Waals surface area (Å²) in [6.45, 7) is 8.25. The number of hydrogen-bond donors (Lipinski definition) is 0. The molecular weight excluding hydrogens is 480 g/mol. The van der Waals surface area contributed by atoms with E-state index in [-0.39, 0.29) is 24.4 Å². The van der Waals surface area contributed by atoms with Crippen molar-refractivity contribution in [2.45, 2.75) is 59.4 Å². The number of hydrogen-bond acceptors (Lipinski definition) is 5. The fourth-order valence-corrected chi connectivity index (χ4v) is 4.00. The molecule has 0 N–H and O–H groups in total. The molecule has 8 heteroatoms. The molecule has 0 saturated carbocycles. The van der Waals surface area contributed by atoms with Crippen molar-refractivity contribution in [1.82, 2.24) is 4.90 Å². The number of rotatable bonds is 13. The van der Waals surface area contributed by atoms with Crippen LogP contribution in [0.1, 0.15) is 57.6 Å². The molecule has 3 rings (SSSR count). The number of amides is 1. The number of carbonyl (C=O) groups excluding carboxylic acids is 1. The average molecular weight is 518 g/mol. The van der Waals surface area contributed by atoms with Crippen molar-refractivity contribution in [2.24, 2.45) is 0 Å². The molecular formula is C29H37F2NO5. The lowest BCUT2D eigenvalue weighted by Crippen LogP contribution is -2.28. The molecule has 6 nitrogen and oxygen atoms in total. The zero-order valence-corrected chi connectivity index (χ0v) is 21.9. The first-order valence-corrected chi connectivity index (χ1v) is 13.0. The highest BCUT2D eigenvalue weighted by Crippen LogP contribution is 2.32. The number of allylic oxidation sites excluding steroid dienone is 1. The van der Waals surface area contributed by atoms with Crippen molar-refractivity contribution >= 4 is 11.5 Å². The Labute approximate surface area is 218 Å². The molecule has 1 unspecified atom stereocenters. The van der Waals surface area contributed by atoms with Crippen molar-refractivity contribution in [3.05, 3.63) is 65.2 Å². The third-order valence-corrected chi connectivity index (χ3v) is 6.24. The zero-order chi connectivity index (χ0) is 26.6. The number of likely N-dealkylation sites (N-methyl/N-ethyl adjacent to an activating group) is 1. The monoisotopic (exact) mass is 517 g/mol. The first-order valence-electron chi connectivity index (χ1n) is 13.0. The van der Waals surface area contributed by atoms with Gasteiger partial charge >= 0.3 is 0 Å². The third-order valence-electron chi connectivity index (χ3n) is 6.24. The molecule has 202 valence electrons. The van der Waals surface area contributed by atoms with Crippen LogP contribution in [0.4, 0.5) is 8.78 Å². The van der Waals surface area contributed by atoms with Crippen LogP contribution >= 0.6 is 0 Å². The van der Waals surface area contributed by atoms with Crippen LogP contribution in [-0.4, -0.2) is 50.0 Å². The first-order chi connectivity index (χ1) is 17.9. The van der Waals surface area contributed by atoms with Crippen LogP contribution in [0, 0.1) is 11.6 Å². The van der Waals surface area contributed by atoms with Crippen LogP contribution in [0.3, 0.4) is 0 Å². The number of ether oxygens (including phenoxy) is 4. The molecule has 2 aromatic rings. The van der Waals surface area contributed by atoms with Gasteiger partial charge in [0.2, 0.25) is 5.91 Å². The Hall–Kier alpha value is -2.97. The summed E-state index contributed by atoms with van der Waals surface area (Å²) in [5, 5.41) is 0. The maximum Gasteiger partial charge on any atom is 0.246 e. The van der Waals surface area contributed by atoms with Crippen LogP contribution in [0.25, 0.3) is 5.57 Å². The molecule has 0 spiro atoms. The van der Waals surface area contributed by atoms with E-state index in [1.165, 1.54) is 18.2 Å². The summed E-state index contributed by atoms with van der Waals surface area (Å²) in [5.74, 6) is -0.635. The molecule has 1 saturated heterocycles. The molecule has 0 aromatic heterocycles. The summed E-state index contributed by atoms with van der Waals surface area (Å²) < 4.78 is 51.3. The summed E-state index contributed by atoms with van der Waals surface area (Å²) in [7, 11) is 0. The number of carbonyl (C=O) groups is 1. The summed E-state index contributed by atoms with van der Waals surface area (Å²) in [5.41, 5.74) is 1.40. The maximum atomic E-state index is 14.1. The lowest BCUT2D eigenvalue weighted by molar-refractivity contribution is -0.163. The molecule has 0 bridgehead atoms. The molecule has 1 amide bonds. The van der Waals surface area contributed by atoms with Gasteiger partial charge in [-0.2, -0.15) is 0 Å². The van der Waals surface area contributed by atoms with Gasteiger partial charge in [-0.15, -0.1) is 0 Å². The van der Waals surface area contributed by atoms with Gasteiger partial charge in [-0.05, 0) is 75.4 Å². The van der Waals surface area contributed by atoms with Crippen LogP contribution in [-0.2, 0) is 20.9 Å². The summed E-state index contributed by atoms with van der Waals surface area (Å²) >= 11 is 0. The quantitative estimate of drug-likeness (QED) is 0.236. The topological polar surface area (TPSA) is 57.2 Å². The fraction of sp³-hybridized carbons (Fsp3) is 0.483. The SMILES string of the molecule is CCN(CC)C(=O)/C=C(\C)c1ccc(OCc2c(F)cccc2F)c(OCCCOC2CCCCO2)c1. The molecule has 1 fully saturated rings. The zero-order valence-electron chi connectivity index (χ0n) is 21.9. The largest absolute Gasteiger partial charge is 0.490 e. The lowest BCUT2D eigenvalue weighted by Gasteiger charge is -2.22. The third kappa shape index (κ3) is 8.54. The van der Waals surface area contributed by atoms with E-state index in [1.54, 1.807) is 29.2 Å². The van der Waals surface area contributed by atoms with E-state index in [0.717, 1.165) is 37.0 Å². The Morgan fingerprint density at radius 2 is 1.81 bits per heavy atom. The van der Waals surface area contributed by atoms with Gasteiger partial charge in [-0.25, -0.2) is 8.78 Å². The standard InChI is InChI=1S/C29H37F2NO5/c1-4-32(5-2)28(33)18-21(3)22-13-14-26(37-20-23-24(30)10-8-11-25(23)31)27(19-22)34-16-9-17-36-29-12-6-7-15-35-29/h8,10-11,13-14,18-19,29H,4-7,9,12,15-17,20H2,1-3H3/b21-18+. The summed E-state index contributed by atoms with van der Waals surface area (Å²) in [6.07, 6.45) is 5.11. The minimum absolute atomic E-state index is 0.0672. The molecule has 37 heavy (non-hydrogen) atoms. The van der Waals surface area contributed by atoms with E-state index in [1.807, 2.05) is 20.8 Å². The predicted molar refractivity (Wildman–Crippen MR) is 138 cm³/mol. The molecule has 0 aliphatic carbocycles. The molecule has 0 radical (unpaired) electrons. The van der Waals surface area contributed by atoms with Crippen LogP contribution in [0.15, 0.2) is 42.5 Å². The van der Waals surface area contributed by atoms with Gasteiger partial charge in [0.05, 0.1) is 18.8 Å². The van der Waals surface area contributed by atoms with Crippen LogP contribution in [0.5, 0.6) is 11.5 Å². The second-order valence-electron chi connectivity index (χ2n) is 8.86. The van der Waals surface area contributed by atoms with Crippen LogP contribution in [0.2, 0.25) is 0 Å². The van der Waals surface area contributed by atoms with Gasteiger partial charge in [-0.3, -0.25) is 4.79 Å². The first kappa shape index (κ1) is 28.6. The molecule has 1 heterocycles. The van der Waals surface area contributed by atoms with Gasteiger partial charge in [0.15, 0.2) is 17.8 Å². The van der Waals surface area contributed by atoms with Crippen molar-refractivity contribution in [2.75, 3.05) is 32.9 Å². The highest BCUT2D eigenvalue weighted by atomic mass is 19.1. The van der Waals surface area contributed by atoms with Gasteiger partial charge < -0.3 is 23.8 Å². The van der Waals surface area contributed by atoms with E-state index in [2.05, 4.69) is 0 Å². The van der Waals surface area contributed by atoms with E-state index < -0.39 is 11.6 Å². The Morgan fingerprint density at radius 1 is 1.05 bits per heavy atom. The Morgan fingerprint density at radius 3 is 2.49 bits per heavy atom. The Balaban J connectivity index is 1.71. The van der Waals surface area contributed by atoms with Crippen LogP contribution < -0.4 is 9.47 Å². The van der Waals surface area contributed by atoms with E-state index in [9.17, 15) is 13.6 Å². The molecule has 2 aromatic carbocycles. The number of benzene rings is 2. The number of nitrogens with zero attached hydrogens (tertiary/aromatic N) is 1. The molecule has 1 aliphatic heterocycles. The maximum absolute atomic E-state index is 14.1. The molecule has 1 aliphatic rings. The second kappa shape index (κ2) is 14.7.